The van der Waals surface area contributed by atoms with Crippen molar-refractivity contribution < 1.29 is 0 Å². The molecule has 94 valence electrons. The van der Waals surface area contributed by atoms with Crippen molar-refractivity contribution >= 4 is 0 Å². The molecule has 1 atom stereocenters. The van der Waals surface area contributed by atoms with Crippen molar-refractivity contribution in [2.75, 3.05) is 0 Å². The van der Waals surface area contributed by atoms with Gasteiger partial charge in [-0.2, -0.15) is 0 Å². The molecule has 1 rings (SSSR count). The fourth-order valence-electron chi connectivity index (χ4n) is 1.51. The van der Waals surface area contributed by atoms with Crippen LogP contribution in [0.3, 0.4) is 0 Å². The summed E-state index contributed by atoms with van der Waals surface area (Å²) in [7, 11) is 0. The van der Waals surface area contributed by atoms with Gasteiger partial charge in [-0.1, -0.05) is 65.3 Å². The second-order valence-corrected chi connectivity index (χ2v) is 3.67. The Kier molecular flexibility index (Phi) is 11.8. The average molecular weight is 222 g/mol. The van der Waals surface area contributed by atoms with E-state index >= 15 is 0 Å². The molecule has 16 heavy (non-hydrogen) atoms. The maximum Gasteiger partial charge on any atom is -0.0190 e. The minimum Gasteiger partial charge on any atom is -0.0683 e. The summed E-state index contributed by atoms with van der Waals surface area (Å²) < 4.78 is 0. The van der Waals surface area contributed by atoms with Crippen molar-refractivity contribution in [3.8, 4) is 0 Å². The van der Waals surface area contributed by atoms with Crippen molar-refractivity contribution in [2.24, 2.45) is 0 Å². The van der Waals surface area contributed by atoms with Crippen LogP contribution in [0, 0.1) is 13.8 Å². The summed E-state index contributed by atoms with van der Waals surface area (Å²) in [5.41, 5.74) is 4.31. The molecule has 0 aliphatic carbocycles. The van der Waals surface area contributed by atoms with Crippen LogP contribution in [0.1, 0.15) is 70.6 Å². The topological polar surface area (TPSA) is 0 Å². The molecule has 0 fully saturated rings. The molecule has 0 saturated heterocycles. The molecule has 0 spiro atoms. The Balaban J connectivity index is 0. The Morgan fingerprint density at radius 2 is 1.50 bits per heavy atom. The van der Waals surface area contributed by atoms with E-state index in [1.165, 1.54) is 23.1 Å². The standard InChI is InChI=1S/C12H18.2C2H6/c1-5-10(3)12-8-9(2)6-7-11(12)4;2*1-2/h6-8,10H,5H2,1-4H3;2*1-2H3. The highest BCUT2D eigenvalue weighted by Gasteiger charge is 2.05. The molecule has 0 bridgehead atoms. The number of hydrogen-bond donors (Lipinski definition) is 0. The van der Waals surface area contributed by atoms with Gasteiger partial charge in [0, 0.05) is 0 Å². The molecule has 0 heteroatoms. The summed E-state index contributed by atoms with van der Waals surface area (Å²) in [4.78, 5) is 0. The number of aryl methyl sites for hydroxylation is 2. The number of hydrogen-bond acceptors (Lipinski definition) is 0. The maximum absolute atomic E-state index is 2.31. The van der Waals surface area contributed by atoms with E-state index in [0.29, 0.717) is 5.92 Å². The largest absolute Gasteiger partial charge is 0.0683 e. The van der Waals surface area contributed by atoms with E-state index in [-0.39, 0.29) is 0 Å². The van der Waals surface area contributed by atoms with Crippen LogP contribution in [0.25, 0.3) is 0 Å². The van der Waals surface area contributed by atoms with Crippen molar-refractivity contribution in [1.29, 1.82) is 0 Å². The number of benzene rings is 1. The first-order chi connectivity index (χ1) is 7.65. The molecular weight excluding hydrogens is 192 g/mol. The van der Waals surface area contributed by atoms with Crippen LogP contribution >= 0.6 is 0 Å². The number of rotatable bonds is 2. The lowest BCUT2D eigenvalue weighted by molar-refractivity contribution is 0.727. The van der Waals surface area contributed by atoms with E-state index in [9.17, 15) is 0 Å². The molecule has 0 saturated carbocycles. The third-order valence-electron chi connectivity index (χ3n) is 2.58. The minimum atomic E-state index is 0.699. The van der Waals surface area contributed by atoms with E-state index < -0.39 is 0 Å². The predicted octanol–water partition coefficient (Wildman–Crippen LogP) is 5.87. The quantitative estimate of drug-likeness (QED) is 0.587. The van der Waals surface area contributed by atoms with Crippen LogP contribution < -0.4 is 0 Å². The second-order valence-electron chi connectivity index (χ2n) is 3.67. The summed E-state index contributed by atoms with van der Waals surface area (Å²) in [5.74, 6) is 0.699. The molecule has 1 aromatic carbocycles. The van der Waals surface area contributed by atoms with Gasteiger partial charge in [0.2, 0.25) is 0 Å². The van der Waals surface area contributed by atoms with E-state index in [4.69, 9.17) is 0 Å². The summed E-state index contributed by atoms with van der Waals surface area (Å²) >= 11 is 0. The molecule has 1 unspecified atom stereocenters. The van der Waals surface area contributed by atoms with E-state index in [0.717, 1.165) is 0 Å². The molecule has 1 aromatic rings. The van der Waals surface area contributed by atoms with Gasteiger partial charge in [-0.15, -0.1) is 0 Å². The fourth-order valence-corrected chi connectivity index (χ4v) is 1.51. The molecule has 0 aliphatic rings. The first kappa shape index (κ1) is 17.6. The van der Waals surface area contributed by atoms with Crippen molar-refractivity contribution in [3.05, 3.63) is 34.9 Å². The third-order valence-corrected chi connectivity index (χ3v) is 2.58. The Morgan fingerprint density at radius 1 is 1.00 bits per heavy atom. The van der Waals surface area contributed by atoms with Gasteiger partial charge in [-0.3, -0.25) is 0 Å². The van der Waals surface area contributed by atoms with E-state index in [1.807, 2.05) is 27.7 Å². The summed E-state index contributed by atoms with van der Waals surface area (Å²) in [6.07, 6.45) is 1.23. The molecule has 0 radical (unpaired) electrons. The lowest BCUT2D eigenvalue weighted by atomic mass is 9.93. The lowest BCUT2D eigenvalue weighted by Crippen LogP contribution is -1.95. The second kappa shape index (κ2) is 10.7. The van der Waals surface area contributed by atoms with Gasteiger partial charge in [0.05, 0.1) is 0 Å². The highest BCUT2D eigenvalue weighted by atomic mass is 14.1. The van der Waals surface area contributed by atoms with Crippen LogP contribution in [-0.4, -0.2) is 0 Å². The third kappa shape index (κ3) is 5.95. The van der Waals surface area contributed by atoms with Gasteiger partial charge in [0.1, 0.15) is 0 Å². The van der Waals surface area contributed by atoms with Crippen molar-refractivity contribution in [1.82, 2.24) is 0 Å². The Morgan fingerprint density at radius 3 is 1.94 bits per heavy atom. The molecule has 0 aromatic heterocycles. The molecule has 0 N–H and O–H groups in total. The first-order valence-electron chi connectivity index (χ1n) is 6.72. The summed E-state index contributed by atoms with van der Waals surface area (Å²) in [6, 6.07) is 6.71. The zero-order valence-corrected chi connectivity index (χ0v) is 12.5. The molecule has 0 aliphatic heterocycles. The fraction of sp³-hybridized carbons (Fsp3) is 0.625. The van der Waals surface area contributed by atoms with Crippen LogP contribution in [0.4, 0.5) is 0 Å². The Bertz CT molecular complexity index is 261. The zero-order chi connectivity index (χ0) is 13.1. The van der Waals surface area contributed by atoms with Crippen molar-refractivity contribution in [2.45, 2.75) is 67.7 Å². The molecule has 0 heterocycles. The molecule has 0 amide bonds. The monoisotopic (exact) mass is 222 g/mol. The van der Waals surface area contributed by atoms with Gasteiger partial charge in [0.15, 0.2) is 0 Å². The lowest BCUT2D eigenvalue weighted by Gasteiger charge is -2.12. The molecular formula is C16H30. The smallest absolute Gasteiger partial charge is 0.0190 e. The summed E-state index contributed by atoms with van der Waals surface area (Å²) in [6.45, 7) is 16.9. The van der Waals surface area contributed by atoms with Gasteiger partial charge < -0.3 is 0 Å². The van der Waals surface area contributed by atoms with Gasteiger partial charge in [0.25, 0.3) is 0 Å². The Hall–Kier alpha value is -0.780. The molecule has 0 nitrogen and oxygen atoms in total. The Labute approximate surface area is 103 Å². The normalized spacial score (nSPS) is 10.5. The minimum absolute atomic E-state index is 0.699. The van der Waals surface area contributed by atoms with Crippen LogP contribution in [0.15, 0.2) is 18.2 Å². The van der Waals surface area contributed by atoms with Gasteiger partial charge in [-0.25, -0.2) is 0 Å². The summed E-state index contributed by atoms with van der Waals surface area (Å²) in [5, 5.41) is 0. The van der Waals surface area contributed by atoms with Crippen molar-refractivity contribution in [3.63, 3.8) is 0 Å². The van der Waals surface area contributed by atoms with Crippen LogP contribution in [0.5, 0.6) is 0 Å². The zero-order valence-electron chi connectivity index (χ0n) is 12.5. The van der Waals surface area contributed by atoms with Crippen LogP contribution in [0.2, 0.25) is 0 Å². The van der Waals surface area contributed by atoms with E-state index in [2.05, 4.69) is 45.9 Å². The van der Waals surface area contributed by atoms with Crippen LogP contribution in [-0.2, 0) is 0 Å². The first-order valence-corrected chi connectivity index (χ1v) is 6.72. The average Bonchev–Trinajstić information content (AvgIpc) is 2.36. The van der Waals surface area contributed by atoms with Gasteiger partial charge in [-0.05, 0) is 37.3 Å². The van der Waals surface area contributed by atoms with E-state index in [1.54, 1.807) is 0 Å². The SMILES string of the molecule is CC.CC.CCC(C)c1cc(C)ccc1C. The van der Waals surface area contributed by atoms with Gasteiger partial charge >= 0.3 is 0 Å². The highest BCUT2D eigenvalue weighted by molar-refractivity contribution is 5.32. The highest BCUT2D eigenvalue weighted by Crippen LogP contribution is 2.22. The predicted molar refractivity (Wildman–Crippen MR) is 77.3 cm³/mol. The maximum atomic E-state index is 2.31.